The summed E-state index contributed by atoms with van der Waals surface area (Å²) in [7, 11) is 1.90. The molecule has 3 aromatic heterocycles. The molecule has 1 saturated carbocycles. The minimum absolute atomic E-state index is 0.156. The number of hydrogen-bond donors (Lipinski definition) is 2. The van der Waals surface area contributed by atoms with E-state index in [4.69, 9.17) is 10.5 Å². The van der Waals surface area contributed by atoms with Gasteiger partial charge in [-0.05, 0) is 67.1 Å². The summed E-state index contributed by atoms with van der Waals surface area (Å²) in [6.45, 7) is 5.77. The highest BCUT2D eigenvalue weighted by Gasteiger charge is 2.29. The van der Waals surface area contributed by atoms with Crippen LogP contribution < -0.4 is 15.8 Å². The number of amides is 1. The van der Waals surface area contributed by atoms with E-state index in [0.29, 0.717) is 45.3 Å². The number of rotatable bonds is 7. The zero-order valence-electron chi connectivity index (χ0n) is 22.5. The molecular weight excluding hydrogens is 516 g/mol. The van der Waals surface area contributed by atoms with Crippen molar-refractivity contribution in [3.63, 3.8) is 0 Å². The van der Waals surface area contributed by atoms with Crippen LogP contribution >= 0.6 is 0 Å². The lowest BCUT2D eigenvalue weighted by Crippen LogP contribution is -2.14. The lowest BCUT2D eigenvalue weighted by Gasteiger charge is -2.12. The SMILES string of the molecule is C=C(C(=O)Nc1ccc(-c2c(-c3ccc(Oc4nccc(C)n4)c(C#N)c3)c3c(N)ncnc3n2C)cc1)C1CC1. The van der Waals surface area contributed by atoms with Gasteiger partial charge in [0.1, 0.15) is 29.6 Å². The number of aromatic nitrogens is 5. The Morgan fingerprint density at radius 2 is 1.88 bits per heavy atom. The maximum atomic E-state index is 12.5. The normalized spacial score (nSPS) is 12.6. The number of fused-ring (bicyclic) bond motifs is 1. The van der Waals surface area contributed by atoms with Crippen LogP contribution in [0.15, 0.2) is 73.2 Å². The van der Waals surface area contributed by atoms with Crippen molar-refractivity contribution in [2.45, 2.75) is 19.8 Å². The van der Waals surface area contributed by atoms with Crippen LogP contribution in [-0.4, -0.2) is 30.4 Å². The number of aryl methyl sites for hydroxylation is 2. The second-order valence-corrected chi connectivity index (χ2v) is 9.98. The average molecular weight is 543 g/mol. The van der Waals surface area contributed by atoms with Crippen LogP contribution in [0.1, 0.15) is 24.1 Å². The van der Waals surface area contributed by atoms with Crippen LogP contribution in [0, 0.1) is 24.2 Å². The Morgan fingerprint density at radius 3 is 2.59 bits per heavy atom. The molecule has 10 nitrogen and oxygen atoms in total. The lowest BCUT2D eigenvalue weighted by atomic mass is 9.97. The fraction of sp³-hybridized carbons (Fsp3) is 0.161. The number of nitrogens with one attached hydrogen (secondary N) is 1. The first-order valence-electron chi connectivity index (χ1n) is 13.1. The molecule has 3 N–H and O–H groups in total. The van der Waals surface area contributed by atoms with E-state index in [1.165, 1.54) is 6.33 Å². The summed E-state index contributed by atoms with van der Waals surface area (Å²) in [5.41, 5.74) is 12.6. The Bertz CT molecular complexity index is 1880. The molecule has 1 aliphatic carbocycles. The number of nitrogen functional groups attached to an aromatic ring is 1. The quantitative estimate of drug-likeness (QED) is 0.255. The molecule has 1 fully saturated rings. The molecule has 0 unspecified atom stereocenters. The summed E-state index contributed by atoms with van der Waals surface area (Å²) < 4.78 is 7.79. The van der Waals surface area contributed by atoms with Crippen molar-refractivity contribution >= 4 is 28.4 Å². The van der Waals surface area contributed by atoms with Crippen molar-refractivity contribution in [2.75, 3.05) is 11.1 Å². The van der Waals surface area contributed by atoms with Crippen molar-refractivity contribution in [3.8, 4) is 40.2 Å². The molecular formula is C31H26N8O2. The van der Waals surface area contributed by atoms with E-state index >= 15 is 0 Å². The van der Waals surface area contributed by atoms with E-state index < -0.39 is 0 Å². The minimum Gasteiger partial charge on any atom is -0.423 e. The summed E-state index contributed by atoms with van der Waals surface area (Å²) in [5, 5.41) is 13.6. The third kappa shape index (κ3) is 4.85. The van der Waals surface area contributed by atoms with Gasteiger partial charge in [-0.25, -0.2) is 19.9 Å². The topological polar surface area (TPSA) is 145 Å². The Hall–Kier alpha value is -5.56. The first-order chi connectivity index (χ1) is 19.8. The van der Waals surface area contributed by atoms with Gasteiger partial charge in [0, 0.05) is 35.8 Å². The second kappa shape index (κ2) is 10.2. The van der Waals surface area contributed by atoms with Crippen molar-refractivity contribution in [3.05, 3.63) is 84.5 Å². The van der Waals surface area contributed by atoms with E-state index in [9.17, 15) is 10.1 Å². The minimum atomic E-state index is -0.156. The first kappa shape index (κ1) is 25.7. The number of carbonyl (C=O) groups excluding carboxylic acids is 1. The van der Waals surface area contributed by atoms with E-state index in [1.54, 1.807) is 24.4 Å². The average Bonchev–Trinajstić information content (AvgIpc) is 3.78. The van der Waals surface area contributed by atoms with Crippen LogP contribution in [0.5, 0.6) is 11.8 Å². The monoisotopic (exact) mass is 542 g/mol. The van der Waals surface area contributed by atoms with Gasteiger partial charge in [-0.1, -0.05) is 24.8 Å². The molecule has 0 aliphatic heterocycles. The summed E-state index contributed by atoms with van der Waals surface area (Å²) in [6, 6.07) is 17.0. The molecule has 0 saturated heterocycles. The van der Waals surface area contributed by atoms with Crippen LogP contribution in [0.2, 0.25) is 0 Å². The maximum Gasteiger partial charge on any atom is 0.322 e. The van der Waals surface area contributed by atoms with Gasteiger partial charge in [-0.15, -0.1) is 0 Å². The third-order valence-electron chi connectivity index (χ3n) is 7.14. The number of benzene rings is 2. The molecule has 0 atom stereocenters. The van der Waals surface area contributed by atoms with Crippen LogP contribution in [0.25, 0.3) is 33.4 Å². The Labute approximate surface area is 236 Å². The van der Waals surface area contributed by atoms with Gasteiger partial charge in [-0.3, -0.25) is 4.79 Å². The Balaban J connectivity index is 1.42. The van der Waals surface area contributed by atoms with Gasteiger partial charge >= 0.3 is 6.01 Å². The van der Waals surface area contributed by atoms with Gasteiger partial charge < -0.3 is 20.4 Å². The second-order valence-electron chi connectivity index (χ2n) is 9.98. The highest BCUT2D eigenvalue weighted by molar-refractivity contribution is 6.08. The number of hydrogen-bond acceptors (Lipinski definition) is 8. The predicted molar refractivity (Wildman–Crippen MR) is 156 cm³/mol. The molecule has 10 heteroatoms. The highest BCUT2D eigenvalue weighted by Crippen LogP contribution is 2.43. The largest absolute Gasteiger partial charge is 0.423 e. The smallest absolute Gasteiger partial charge is 0.322 e. The van der Waals surface area contributed by atoms with Gasteiger partial charge in [0.15, 0.2) is 0 Å². The number of anilines is 2. The molecule has 0 spiro atoms. The first-order valence-corrected chi connectivity index (χ1v) is 13.1. The Kier molecular flexibility index (Phi) is 6.40. The molecule has 0 bridgehead atoms. The van der Waals surface area contributed by atoms with E-state index in [-0.39, 0.29) is 11.9 Å². The lowest BCUT2D eigenvalue weighted by molar-refractivity contribution is -0.113. The fourth-order valence-corrected chi connectivity index (χ4v) is 4.87. The number of nitrogens with two attached hydrogens (primary N) is 1. The van der Waals surface area contributed by atoms with E-state index in [1.807, 2.05) is 48.9 Å². The van der Waals surface area contributed by atoms with Crippen molar-refractivity contribution in [2.24, 2.45) is 13.0 Å². The summed E-state index contributed by atoms with van der Waals surface area (Å²) in [6.07, 6.45) is 5.06. The molecule has 0 radical (unpaired) electrons. The van der Waals surface area contributed by atoms with E-state index in [2.05, 4.69) is 37.9 Å². The van der Waals surface area contributed by atoms with Crippen LogP contribution in [0.3, 0.4) is 0 Å². The molecule has 2 aromatic carbocycles. The molecule has 6 rings (SSSR count). The summed E-state index contributed by atoms with van der Waals surface area (Å²) in [4.78, 5) is 29.7. The van der Waals surface area contributed by atoms with Crippen LogP contribution in [0.4, 0.5) is 11.5 Å². The van der Waals surface area contributed by atoms with Crippen molar-refractivity contribution < 1.29 is 9.53 Å². The number of nitriles is 1. The Morgan fingerprint density at radius 1 is 1.12 bits per heavy atom. The summed E-state index contributed by atoms with van der Waals surface area (Å²) >= 11 is 0. The van der Waals surface area contributed by atoms with Crippen LogP contribution in [-0.2, 0) is 11.8 Å². The summed E-state index contributed by atoms with van der Waals surface area (Å²) in [5.74, 6) is 0.789. The highest BCUT2D eigenvalue weighted by atomic mass is 16.5. The molecule has 202 valence electrons. The number of ether oxygens (including phenoxy) is 1. The van der Waals surface area contributed by atoms with Gasteiger partial charge in [0.25, 0.3) is 5.91 Å². The third-order valence-corrected chi connectivity index (χ3v) is 7.14. The molecule has 1 amide bonds. The number of carbonyl (C=O) groups is 1. The van der Waals surface area contributed by atoms with E-state index in [0.717, 1.165) is 40.9 Å². The number of nitrogens with zero attached hydrogens (tertiary/aromatic N) is 6. The van der Waals surface area contributed by atoms with Crippen molar-refractivity contribution in [1.82, 2.24) is 24.5 Å². The molecule has 3 heterocycles. The van der Waals surface area contributed by atoms with Gasteiger partial charge in [0.2, 0.25) is 0 Å². The molecule has 1 aliphatic rings. The standard InChI is InChI=1S/C31H26N8O2/c1-17-12-13-34-31(37-17)41-24-11-8-21(14-22(24)15-32)25-26-28(33)35-16-36-29(26)39(3)27(25)20-6-9-23(10-7-20)38-30(40)18(2)19-4-5-19/h6-14,16,19H,2,4-5H2,1,3H3,(H,38,40)(H2,33,35,36). The van der Waals surface area contributed by atoms with Crippen molar-refractivity contribution in [1.29, 1.82) is 5.26 Å². The zero-order chi connectivity index (χ0) is 28.7. The predicted octanol–water partition coefficient (Wildman–Crippen LogP) is 5.55. The fourth-order valence-electron chi connectivity index (χ4n) is 4.87. The molecule has 41 heavy (non-hydrogen) atoms. The van der Waals surface area contributed by atoms with Gasteiger partial charge in [0.05, 0.1) is 16.6 Å². The molecule has 5 aromatic rings. The maximum absolute atomic E-state index is 12.5. The van der Waals surface area contributed by atoms with Gasteiger partial charge in [-0.2, -0.15) is 5.26 Å². The zero-order valence-corrected chi connectivity index (χ0v) is 22.5.